The second kappa shape index (κ2) is 10.2. The molecule has 0 aliphatic heterocycles. The monoisotopic (exact) mass is 474 g/mol. The number of fused-ring (bicyclic) bond motifs is 1. The van der Waals surface area contributed by atoms with Gasteiger partial charge < -0.3 is 4.90 Å². The molecule has 0 saturated heterocycles. The van der Waals surface area contributed by atoms with Gasteiger partial charge >= 0.3 is 0 Å². The number of hydrogen-bond acceptors (Lipinski definition) is 4. The molecule has 176 valence electrons. The summed E-state index contributed by atoms with van der Waals surface area (Å²) in [6.07, 6.45) is 1.61. The summed E-state index contributed by atoms with van der Waals surface area (Å²) < 4.78 is 13.4. The fourth-order valence-corrected chi connectivity index (χ4v) is 3.94. The lowest BCUT2D eigenvalue weighted by atomic mass is 10.0. The van der Waals surface area contributed by atoms with Gasteiger partial charge in [-0.05, 0) is 66.2 Å². The molecule has 0 bridgehead atoms. The van der Waals surface area contributed by atoms with E-state index in [2.05, 4.69) is 32.5 Å². The first-order valence-electron chi connectivity index (χ1n) is 11.5. The fraction of sp³-hybridized carbons (Fsp3) is 0.0333. The second-order valence-corrected chi connectivity index (χ2v) is 8.26. The highest BCUT2D eigenvalue weighted by Gasteiger charge is 2.13. The van der Waals surface area contributed by atoms with Crippen molar-refractivity contribution in [1.29, 1.82) is 0 Å². The van der Waals surface area contributed by atoms with Gasteiger partial charge in [-0.25, -0.2) is 14.8 Å². The van der Waals surface area contributed by atoms with Gasteiger partial charge in [0.2, 0.25) is 0 Å². The predicted octanol–water partition coefficient (Wildman–Crippen LogP) is 6.57. The maximum absolute atomic E-state index is 13.4. The van der Waals surface area contributed by atoms with E-state index in [9.17, 15) is 9.18 Å². The zero-order valence-electron chi connectivity index (χ0n) is 19.6. The van der Waals surface area contributed by atoms with Crippen LogP contribution in [-0.2, 0) is 0 Å². The molecule has 0 spiro atoms. The van der Waals surface area contributed by atoms with Crippen molar-refractivity contribution in [2.24, 2.45) is 5.10 Å². The molecular formula is C30H23FN4O. The van der Waals surface area contributed by atoms with Gasteiger partial charge in [-0.2, -0.15) is 5.10 Å². The molecule has 5 aromatic rings. The Bertz CT molecular complexity index is 1530. The zero-order valence-corrected chi connectivity index (χ0v) is 19.6. The van der Waals surface area contributed by atoms with Crippen LogP contribution in [0.25, 0.3) is 22.2 Å². The van der Waals surface area contributed by atoms with Crippen LogP contribution in [0.1, 0.15) is 15.9 Å². The molecule has 6 heteroatoms. The van der Waals surface area contributed by atoms with E-state index in [1.165, 1.54) is 12.1 Å². The van der Waals surface area contributed by atoms with Crippen LogP contribution in [0.3, 0.4) is 0 Å². The number of halogens is 1. The van der Waals surface area contributed by atoms with Gasteiger partial charge in [0.25, 0.3) is 5.91 Å². The Morgan fingerprint density at radius 3 is 2.28 bits per heavy atom. The fourth-order valence-electron chi connectivity index (χ4n) is 3.94. The number of carbonyl (C=O) groups excluding carboxylic acids is 1. The maximum Gasteiger partial charge on any atom is 0.272 e. The van der Waals surface area contributed by atoms with Gasteiger partial charge in [0.15, 0.2) is 0 Å². The van der Waals surface area contributed by atoms with Crippen molar-refractivity contribution in [2.75, 3.05) is 11.9 Å². The third-order valence-electron chi connectivity index (χ3n) is 5.90. The van der Waals surface area contributed by atoms with E-state index >= 15 is 0 Å². The van der Waals surface area contributed by atoms with E-state index in [1.807, 2.05) is 73.8 Å². The number of anilines is 2. The number of hydrazone groups is 1. The largest absolute Gasteiger partial charge is 0.345 e. The summed E-state index contributed by atoms with van der Waals surface area (Å²) >= 11 is 0. The van der Waals surface area contributed by atoms with Crippen LogP contribution in [0.2, 0.25) is 0 Å². The molecule has 1 N–H and O–H groups in total. The van der Waals surface area contributed by atoms with E-state index < -0.39 is 0 Å². The number of rotatable bonds is 6. The van der Waals surface area contributed by atoms with E-state index in [0.717, 1.165) is 22.5 Å². The molecule has 1 amide bonds. The van der Waals surface area contributed by atoms with Crippen molar-refractivity contribution in [2.45, 2.75) is 0 Å². The summed E-state index contributed by atoms with van der Waals surface area (Å²) in [4.78, 5) is 19.8. The summed E-state index contributed by atoms with van der Waals surface area (Å²) in [5.74, 6) is -0.680. The van der Waals surface area contributed by atoms with Crippen LogP contribution in [0.15, 0.2) is 114 Å². The van der Waals surface area contributed by atoms with Gasteiger partial charge in [-0.1, -0.05) is 48.5 Å². The van der Waals surface area contributed by atoms with E-state index in [-0.39, 0.29) is 11.7 Å². The number of carbonyl (C=O) groups is 1. The van der Waals surface area contributed by atoms with Gasteiger partial charge in [0.05, 0.1) is 23.0 Å². The summed E-state index contributed by atoms with van der Waals surface area (Å²) in [6, 6.07) is 33.1. The first-order chi connectivity index (χ1) is 17.6. The predicted molar refractivity (Wildman–Crippen MR) is 143 cm³/mol. The smallest absolute Gasteiger partial charge is 0.272 e. The number of nitrogens with one attached hydrogen (secondary N) is 1. The van der Waals surface area contributed by atoms with Gasteiger partial charge in [-0.15, -0.1) is 0 Å². The summed E-state index contributed by atoms with van der Waals surface area (Å²) in [5, 5.41) is 4.88. The average Bonchev–Trinajstić information content (AvgIpc) is 2.93. The normalized spacial score (nSPS) is 11.1. The number of pyridine rings is 1. The highest BCUT2D eigenvalue weighted by molar-refractivity contribution is 6.07. The quantitative estimate of drug-likeness (QED) is 0.224. The Hall–Kier alpha value is -4.84. The maximum atomic E-state index is 13.4. The van der Waals surface area contributed by atoms with Crippen molar-refractivity contribution < 1.29 is 9.18 Å². The second-order valence-electron chi connectivity index (χ2n) is 8.26. The Morgan fingerprint density at radius 2 is 1.53 bits per heavy atom. The first-order valence-corrected chi connectivity index (χ1v) is 11.5. The van der Waals surface area contributed by atoms with E-state index in [4.69, 9.17) is 0 Å². The molecule has 0 fully saturated rings. The van der Waals surface area contributed by atoms with Crippen LogP contribution in [0, 0.1) is 5.82 Å². The molecule has 0 saturated carbocycles. The number of benzene rings is 4. The third-order valence-corrected chi connectivity index (χ3v) is 5.90. The molecule has 0 aliphatic rings. The van der Waals surface area contributed by atoms with Crippen LogP contribution in [0.5, 0.6) is 0 Å². The molecule has 0 unspecified atom stereocenters. The van der Waals surface area contributed by atoms with E-state index in [1.54, 1.807) is 24.4 Å². The first kappa shape index (κ1) is 22.9. The summed E-state index contributed by atoms with van der Waals surface area (Å²) in [5.41, 5.74) is 8.03. The average molecular weight is 475 g/mol. The number of nitrogens with zero attached hydrogens (tertiary/aromatic N) is 3. The summed E-state index contributed by atoms with van der Waals surface area (Å²) in [6.45, 7) is 0. The lowest BCUT2D eigenvalue weighted by Crippen LogP contribution is -2.18. The van der Waals surface area contributed by atoms with E-state index in [0.29, 0.717) is 22.2 Å². The van der Waals surface area contributed by atoms with Crippen LogP contribution < -0.4 is 10.3 Å². The molecule has 0 atom stereocenters. The van der Waals surface area contributed by atoms with Crippen LogP contribution >= 0.6 is 0 Å². The molecule has 36 heavy (non-hydrogen) atoms. The lowest BCUT2D eigenvalue weighted by Gasteiger charge is -2.19. The van der Waals surface area contributed by atoms with Crippen molar-refractivity contribution in [3.8, 4) is 11.3 Å². The SMILES string of the molecule is CN(c1ccccc1)c1ccc(C=NNC(=O)c2cc(-c3ccc(F)cc3)nc3ccccc23)cc1. The number of hydrogen-bond donors (Lipinski definition) is 1. The van der Waals surface area contributed by atoms with Crippen molar-refractivity contribution in [3.05, 3.63) is 126 Å². The standard InChI is InChI=1S/C30H23FN4O/c1-35(24-7-3-2-4-8-24)25-17-11-21(12-18-25)20-32-34-30(36)27-19-29(22-13-15-23(31)16-14-22)33-28-10-6-5-9-26(27)28/h2-20H,1H3,(H,34,36). The third kappa shape index (κ3) is 4.98. The minimum absolute atomic E-state index is 0.327. The van der Waals surface area contributed by atoms with Crippen molar-refractivity contribution in [1.82, 2.24) is 10.4 Å². The van der Waals surface area contributed by atoms with Crippen molar-refractivity contribution >= 4 is 34.4 Å². The molecule has 4 aromatic carbocycles. The molecular weight excluding hydrogens is 451 g/mol. The number of amides is 1. The van der Waals surface area contributed by atoms with Gasteiger partial charge in [0, 0.05) is 29.4 Å². The minimum atomic E-state index is -0.353. The number of para-hydroxylation sites is 2. The van der Waals surface area contributed by atoms with Gasteiger partial charge in [0.1, 0.15) is 5.82 Å². The van der Waals surface area contributed by atoms with Crippen LogP contribution in [-0.4, -0.2) is 24.2 Å². The number of aromatic nitrogens is 1. The molecule has 5 rings (SSSR count). The van der Waals surface area contributed by atoms with Crippen molar-refractivity contribution in [3.63, 3.8) is 0 Å². The molecule has 0 radical (unpaired) electrons. The summed E-state index contributed by atoms with van der Waals surface area (Å²) in [7, 11) is 2.01. The Labute approximate surface area is 208 Å². The molecule has 5 nitrogen and oxygen atoms in total. The Morgan fingerprint density at radius 1 is 0.861 bits per heavy atom. The highest BCUT2D eigenvalue weighted by atomic mass is 19.1. The zero-order chi connectivity index (χ0) is 24.9. The lowest BCUT2D eigenvalue weighted by molar-refractivity contribution is 0.0956. The highest BCUT2D eigenvalue weighted by Crippen LogP contribution is 2.25. The minimum Gasteiger partial charge on any atom is -0.345 e. The topological polar surface area (TPSA) is 57.6 Å². The molecule has 1 heterocycles. The van der Waals surface area contributed by atoms with Crippen LogP contribution in [0.4, 0.5) is 15.8 Å². The molecule has 1 aromatic heterocycles. The molecule has 0 aliphatic carbocycles. The van der Waals surface area contributed by atoms with Gasteiger partial charge in [-0.3, -0.25) is 4.79 Å². The Balaban J connectivity index is 1.34. The Kier molecular flexibility index (Phi) is 6.49.